The zero-order valence-electron chi connectivity index (χ0n) is 8.28. The van der Waals surface area contributed by atoms with Crippen LogP contribution in [-0.2, 0) is 25.8 Å². The van der Waals surface area contributed by atoms with Gasteiger partial charge in [0.1, 0.15) is 0 Å². The zero-order chi connectivity index (χ0) is 8.04. The van der Waals surface area contributed by atoms with Crippen LogP contribution in [0.1, 0.15) is 47.0 Å². The molecule has 0 aromatic heterocycles. The maximum atomic E-state index is 4.61. The summed E-state index contributed by atoms with van der Waals surface area (Å²) in [6.45, 7) is 9.77. The fourth-order valence-electron chi connectivity index (χ4n) is 1.42. The van der Waals surface area contributed by atoms with Crippen LogP contribution in [0.25, 0.3) is 5.32 Å². The molecule has 1 nitrogen and oxygen atoms in total. The molecule has 0 aliphatic rings. The average molecular weight is 321 g/mol. The third-order valence-corrected chi connectivity index (χ3v) is 2.47. The molecule has 0 atom stereocenters. The Hall–Kier alpha value is 0.830. The molecule has 2 heteroatoms. The van der Waals surface area contributed by atoms with Gasteiger partial charge in [-0.05, 0) is 0 Å². The van der Waals surface area contributed by atoms with Gasteiger partial charge in [-0.2, -0.15) is 6.54 Å². The molecule has 0 aliphatic heterocycles. The first kappa shape index (κ1) is 14.4. The predicted octanol–water partition coefficient (Wildman–Crippen LogP) is 3.35. The molecule has 0 spiro atoms. The average Bonchev–Trinajstić information content (AvgIpc) is 2.01. The van der Waals surface area contributed by atoms with Gasteiger partial charge in [0.05, 0.1) is 0 Å². The molecule has 0 fully saturated rings. The summed E-state index contributed by atoms with van der Waals surface area (Å²) in [6.07, 6.45) is 3.57. The van der Waals surface area contributed by atoms with E-state index in [0.717, 1.165) is 6.54 Å². The summed E-state index contributed by atoms with van der Waals surface area (Å²) in [7, 11) is 0. The molecule has 0 rings (SSSR count). The Bertz CT molecular complexity index is 71.4. The molecule has 0 bridgehead atoms. The van der Waals surface area contributed by atoms with Gasteiger partial charge in [-0.25, -0.2) is 0 Å². The minimum Gasteiger partial charge on any atom is -0.657 e. The van der Waals surface area contributed by atoms with Gasteiger partial charge < -0.3 is 5.32 Å². The molecule has 0 radical (unpaired) electrons. The predicted molar refractivity (Wildman–Crippen MR) is 47.5 cm³/mol. The summed E-state index contributed by atoms with van der Waals surface area (Å²) in [5, 5.41) is 4.61. The summed E-state index contributed by atoms with van der Waals surface area (Å²) in [4.78, 5) is 0. The monoisotopic (exact) mass is 322 g/mol. The van der Waals surface area contributed by atoms with E-state index in [9.17, 15) is 0 Å². The number of hydrogen-bond donors (Lipinski definition) is 0. The largest absolute Gasteiger partial charge is 0.657 e. The first-order valence-corrected chi connectivity index (χ1v) is 4.43. The van der Waals surface area contributed by atoms with Gasteiger partial charge in [-0.3, -0.25) is 0 Å². The Morgan fingerprint density at radius 1 is 0.909 bits per heavy atom. The quantitative estimate of drug-likeness (QED) is 0.690. The van der Waals surface area contributed by atoms with Gasteiger partial charge in [0.25, 0.3) is 0 Å². The fourth-order valence-corrected chi connectivity index (χ4v) is 1.42. The molecular weight excluding hydrogens is 301 g/mol. The van der Waals surface area contributed by atoms with E-state index in [-0.39, 0.29) is 25.8 Å². The van der Waals surface area contributed by atoms with Crippen molar-refractivity contribution in [2.45, 2.75) is 52.5 Å². The van der Waals surface area contributed by atoms with Crippen LogP contribution in [0.5, 0.6) is 0 Å². The molecule has 0 heterocycles. The van der Waals surface area contributed by atoms with Gasteiger partial charge in [-0.15, -0.1) is 5.54 Å². The molecule has 0 saturated carbocycles. The van der Waals surface area contributed by atoms with Crippen molar-refractivity contribution in [1.29, 1.82) is 0 Å². The van der Waals surface area contributed by atoms with Crippen LogP contribution >= 0.6 is 0 Å². The third-order valence-electron chi connectivity index (χ3n) is 2.47. The second kappa shape index (κ2) is 7.48. The van der Waals surface area contributed by atoms with Gasteiger partial charge in [0.2, 0.25) is 0 Å². The smallest absolute Gasteiger partial charge is 0 e. The summed E-state index contributed by atoms with van der Waals surface area (Å²) < 4.78 is 0. The normalized spacial score (nSPS) is 10.9. The number of nitrogens with zero attached hydrogens (tertiary/aromatic N) is 1. The van der Waals surface area contributed by atoms with Crippen LogP contribution in [-0.4, -0.2) is 12.1 Å². The Morgan fingerprint density at radius 3 is 1.36 bits per heavy atom. The molecule has 66 valence electrons. The fraction of sp³-hybridized carbons (Fsp3) is 1.00. The van der Waals surface area contributed by atoms with Crippen LogP contribution in [0.15, 0.2) is 0 Å². The Kier molecular flexibility index (Phi) is 9.76. The third kappa shape index (κ3) is 4.41. The molecule has 11 heavy (non-hydrogen) atoms. The molecule has 0 aliphatic carbocycles. The van der Waals surface area contributed by atoms with E-state index < -0.39 is 0 Å². The minimum atomic E-state index is 0. The first-order valence-electron chi connectivity index (χ1n) is 4.43. The first-order chi connectivity index (χ1) is 4.74. The van der Waals surface area contributed by atoms with Crippen LogP contribution in [0.2, 0.25) is 0 Å². The maximum absolute atomic E-state index is 4.61. The molecule has 0 aromatic rings. The van der Waals surface area contributed by atoms with Crippen molar-refractivity contribution in [2.24, 2.45) is 0 Å². The zero-order valence-corrected chi connectivity index (χ0v) is 11.9. The van der Waals surface area contributed by atoms with Gasteiger partial charge in [0.15, 0.2) is 0 Å². The molecule has 0 saturated heterocycles. The van der Waals surface area contributed by atoms with Gasteiger partial charge >= 0.3 is 0 Å². The molecule has 0 N–H and O–H groups in total. The van der Waals surface area contributed by atoms with Crippen molar-refractivity contribution < 1.29 is 25.8 Å². The summed E-state index contributed by atoms with van der Waals surface area (Å²) in [5.74, 6) is 0. The Morgan fingerprint density at radius 2 is 1.27 bits per heavy atom. The van der Waals surface area contributed by atoms with Crippen LogP contribution < -0.4 is 0 Å². The SMILES string of the molecule is CC[N-]C(CC)(CC)CC.[Hf]. The van der Waals surface area contributed by atoms with E-state index in [1.165, 1.54) is 19.3 Å². The van der Waals surface area contributed by atoms with E-state index in [4.69, 9.17) is 0 Å². The van der Waals surface area contributed by atoms with Gasteiger partial charge in [0, 0.05) is 25.8 Å². The van der Waals surface area contributed by atoms with E-state index in [0.29, 0.717) is 5.54 Å². The van der Waals surface area contributed by atoms with Gasteiger partial charge in [-0.1, -0.05) is 47.0 Å². The Labute approximate surface area is 90.1 Å². The van der Waals surface area contributed by atoms with E-state index in [2.05, 4.69) is 33.0 Å². The summed E-state index contributed by atoms with van der Waals surface area (Å²) in [5.41, 5.74) is 0.300. The van der Waals surface area contributed by atoms with Crippen LogP contribution in [0, 0.1) is 0 Å². The van der Waals surface area contributed by atoms with Crippen molar-refractivity contribution in [3.63, 3.8) is 0 Å². The molecule has 0 amide bonds. The Balaban J connectivity index is 0. The molecule has 0 unspecified atom stereocenters. The summed E-state index contributed by atoms with van der Waals surface area (Å²) in [6, 6.07) is 0. The second-order valence-corrected chi connectivity index (χ2v) is 2.76. The standard InChI is InChI=1S/C9H20N.Hf/c1-5-9(6-2,7-3)10-8-4;/h5-8H2,1-4H3;/q-1;. The number of hydrogen-bond acceptors (Lipinski definition) is 0. The number of rotatable bonds is 5. The van der Waals surface area contributed by atoms with E-state index in [1.54, 1.807) is 0 Å². The minimum absolute atomic E-state index is 0. The van der Waals surface area contributed by atoms with Crippen molar-refractivity contribution in [3.8, 4) is 0 Å². The second-order valence-electron chi connectivity index (χ2n) is 2.76. The van der Waals surface area contributed by atoms with Crippen molar-refractivity contribution >= 4 is 0 Å². The topological polar surface area (TPSA) is 14.1 Å². The molecule has 0 aromatic carbocycles. The maximum Gasteiger partial charge on any atom is 0 e. The molecular formula is C9H20HfN-. The van der Waals surface area contributed by atoms with Crippen molar-refractivity contribution in [3.05, 3.63) is 5.32 Å². The summed E-state index contributed by atoms with van der Waals surface area (Å²) >= 11 is 0. The van der Waals surface area contributed by atoms with Crippen molar-refractivity contribution in [2.75, 3.05) is 6.54 Å². The van der Waals surface area contributed by atoms with E-state index >= 15 is 0 Å². The van der Waals surface area contributed by atoms with Crippen molar-refractivity contribution in [1.82, 2.24) is 0 Å². The van der Waals surface area contributed by atoms with E-state index in [1.807, 2.05) is 0 Å². The van der Waals surface area contributed by atoms with Crippen LogP contribution in [0.4, 0.5) is 0 Å². The van der Waals surface area contributed by atoms with Crippen LogP contribution in [0.3, 0.4) is 0 Å².